The maximum atomic E-state index is 12.8. The Hall–Kier alpha value is -3.19. The fourth-order valence-corrected chi connectivity index (χ4v) is 4.34. The summed E-state index contributed by atoms with van der Waals surface area (Å²) in [5.74, 6) is 1.48. The molecule has 0 atom stereocenters. The summed E-state index contributed by atoms with van der Waals surface area (Å²) >= 11 is 0. The average molecular weight is 431 g/mol. The first-order valence-corrected chi connectivity index (χ1v) is 11.4. The maximum Gasteiger partial charge on any atom is 0.257 e. The van der Waals surface area contributed by atoms with Crippen LogP contribution in [0.2, 0.25) is 0 Å². The van der Waals surface area contributed by atoms with Gasteiger partial charge < -0.3 is 10.2 Å². The second-order valence-corrected chi connectivity index (χ2v) is 8.98. The van der Waals surface area contributed by atoms with E-state index in [1.54, 1.807) is 16.9 Å². The van der Waals surface area contributed by atoms with E-state index >= 15 is 0 Å². The molecule has 2 aliphatic rings. The summed E-state index contributed by atoms with van der Waals surface area (Å²) in [5.41, 5.74) is 4.43. The van der Waals surface area contributed by atoms with Gasteiger partial charge in [0.2, 0.25) is 0 Å². The van der Waals surface area contributed by atoms with E-state index in [0.717, 1.165) is 54.9 Å². The first kappa shape index (κ1) is 20.7. The molecule has 1 amide bonds. The largest absolute Gasteiger partial charge is 0.369 e. The number of carbonyl (C=O) groups excluding carboxylic acids is 1. The lowest BCUT2D eigenvalue weighted by Gasteiger charge is -2.36. The zero-order valence-electron chi connectivity index (χ0n) is 18.8. The highest BCUT2D eigenvalue weighted by Crippen LogP contribution is 2.30. The van der Waals surface area contributed by atoms with E-state index in [1.165, 1.54) is 19.4 Å². The number of amides is 1. The van der Waals surface area contributed by atoms with E-state index in [4.69, 9.17) is 0 Å². The van der Waals surface area contributed by atoms with Crippen molar-refractivity contribution in [2.45, 2.75) is 26.7 Å². The molecule has 2 aromatic heterocycles. The number of pyridine rings is 1. The van der Waals surface area contributed by atoms with Gasteiger partial charge in [0, 0.05) is 56.0 Å². The van der Waals surface area contributed by atoms with Gasteiger partial charge in [-0.15, -0.1) is 0 Å². The van der Waals surface area contributed by atoms with Crippen LogP contribution in [0.1, 0.15) is 34.6 Å². The number of rotatable bonds is 6. The van der Waals surface area contributed by atoms with E-state index in [-0.39, 0.29) is 5.91 Å². The number of benzene rings is 1. The summed E-state index contributed by atoms with van der Waals surface area (Å²) in [7, 11) is 0. The Bertz CT molecular complexity index is 1090. The lowest BCUT2D eigenvalue weighted by atomic mass is 10.2. The molecule has 1 aliphatic heterocycles. The monoisotopic (exact) mass is 430 g/mol. The number of hydrogen-bond acceptors (Lipinski definition) is 5. The smallest absolute Gasteiger partial charge is 0.257 e. The highest BCUT2D eigenvalue weighted by molar-refractivity contribution is 6.04. The minimum atomic E-state index is -0.163. The van der Waals surface area contributed by atoms with Crippen LogP contribution in [0.4, 0.5) is 11.4 Å². The third-order valence-corrected chi connectivity index (χ3v) is 6.29. The van der Waals surface area contributed by atoms with E-state index in [2.05, 4.69) is 37.3 Å². The molecule has 3 heterocycles. The van der Waals surface area contributed by atoms with Gasteiger partial charge in [0.15, 0.2) is 5.82 Å². The average Bonchev–Trinajstić information content (AvgIpc) is 3.55. The van der Waals surface area contributed by atoms with E-state index < -0.39 is 0 Å². The molecule has 2 fully saturated rings. The van der Waals surface area contributed by atoms with Crippen LogP contribution in [-0.2, 0) is 0 Å². The molecule has 0 radical (unpaired) electrons. The first-order chi connectivity index (χ1) is 15.5. The van der Waals surface area contributed by atoms with Crippen molar-refractivity contribution in [3.8, 4) is 5.82 Å². The zero-order valence-corrected chi connectivity index (χ0v) is 18.8. The third-order valence-electron chi connectivity index (χ3n) is 6.29. The molecule has 32 heavy (non-hydrogen) atoms. The number of nitrogens with one attached hydrogen (secondary N) is 1. The van der Waals surface area contributed by atoms with E-state index in [9.17, 15) is 4.79 Å². The molecular weight excluding hydrogens is 400 g/mol. The predicted molar refractivity (Wildman–Crippen MR) is 127 cm³/mol. The van der Waals surface area contributed by atoms with Crippen molar-refractivity contribution in [3.63, 3.8) is 0 Å². The van der Waals surface area contributed by atoms with E-state index in [1.807, 2.05) is 38.1 Å². The van der Waals surface area contributed by atoms with Crippen LogP contribution >= 0.6 is 0 Å². The fourth-order valence-electron chi connectivity index (χ4n) is 4.34. The molecule has 7 nitrogen and oxygen atoms in total. The number of carbonyl (C=O) groups is 1. The van der Waals surface area contributed by atoms with Gasteiger partial charge in [-0.25, -0.2) is 9.67 Å². The third kappa shape index (κ3) is 4.67. The molecule has 1 N–H and O–H groups in total. The minimum Gasteiger partial charge on any atom is -0.369 e. The van der Waals surface area contributed by atoms with Gasteiger partial charge in [-0.2, -0.15) is 5.10 Å². The topological polar surface area (TPSA) is 66.3 Å². The number of piperazine rings is 1. The maximum absolute atomic E-state index is 12.8. The van der Waals surface area contributed by atoms with Crippen molar-refractivity contribution in [2.75, 3.05) is 42.9 Å². The summed E-state index contributed by atoms with van der Waals surface area (Å²) in [6.45, 7) is 9.48. The number of aromatic nitrogens is 3. The van der Waals surface area contributed by atoms with Crippen LogP contribution in [0, 0.1) is 19.8 Å². The van der Waals surface area contributed by atoms with Gasteiger partial charge in [0.1, 0.15) is 0 Å². The number of nitrogens with zero attached hydrogens (tertiary/aromatic N) is 5. The molecule has 1 aromatic carbocycles. The Morgan fingerprint density at radius 2 is 1.88 bits per heavy atom. The molecule has 1 aliphatic carbocycles. The summed E-state index contributed by atoms with van der Waals surface area (Å²) in [6, 6.07) is 13.7. The minimum absolute atomic E-state index is 0.163. The lowest BCUT2D eigenvalue weighted by Crippen LogP contribution is -2.47. The van der Waals surface area contributed by atoms with Crippen molar-refractivity contribution in [3.05, 3.63) is 65.6 Å². The highest BCUT2D eigenvalue weighted by Gasteiger charge is 2.26. The molecule has 0 spiro atoms. The van der Waals surface area contributed by atoms with Gasteiger partial charge in [-0.3, -0.25) is 9.69 Å². The number of anilines is 2. The normalized spacial score (nSPS) is 16.9. The molecular formula is C25H30N6O. The van der Waals surface area contributed by atoms with Gasteiger partial charge >= 0.3 is 0 Å². The summed E-state index contributed by atoms with van der Waals surface area (Å²) < 4.78 is 1.78. The summed E-state index contributed by atoms with van der Waals surface area (Å²) in [4.78, 5) is 22.2. The summed E-state index contributed by atoms with van der Waals surface area (Å²) in [6.07, 6.45) is 4.41. The molecule has 0 unspecified atom stereocenters. The van der Waals surface area contributed by atoms with Gasteiger partial charge in [-0.1, -0.05) is 6.07 Å². The Morgan fingerprint density at radius 3 is 2.53 bits per heavy atom. The standard InChI is InChI=1S/C25H30N6O/c1-18-14-19(2)31(28-18)24-9-8-21(16-26-24)25(32)27-22-4-3-5-23(15-22)30-12-10-29(11-13-30)17-20-6-7-20/h3-5,8-9,14-16,20H,6-7,10-13,17H2,1-2H3,(H,27,32). The Labute approximate surface area is 189 Å². The molecule has 1 saturated carbocycles. The van der Waals surface area contributed by atoms with Crippen molar-refractivity contribution in [1.29, 1.82) is 0 Å². The number of aryl methyl sites for hydroxylation is 2. The molecule has 166 valence electrons. The lowest BCUT2D eigenvalue weighted by molar-refractivity contribution is 0.102. The van der Waals surface area contributed by atoms with Crippen LogP contribution < -0.4 is 10.2 Å². The molecule has 3 aromatic rings. The number of hydrogen-bond donors (Lipinski definition) is 1. The summed E-state index contributed by atoms with van der Waals surface area (Å²) in [5, 5.41) is 7.46. The van der Waals surface area contributed by atoms with Crippen LogP contribution in [0.25, 0.3) is 5.82 Å². The van der Waals surface area contributed by atoms with Gasteiger partial charge in [-0.05, 0) is 69.0 Å². The van der Waals surface area contributed by atoms with Crippen LogP contribution in [-0.4, -0.2) is 58.3 Å². The quantitative estimate of drug-likeness (QED) is 0.646. The van der Waals surface area contributed by atoms with Crippen LogP contribution in [0.3, 0.4) is 0 Å². The fraction of sp³-hybridized carbons (Fsp3) is 0.400. The van der Waals surface area contributed by atoms with Crippen molar-refractivity contribution in [2.24, 2.45) is 5.92 Å². The van der Waals surface area contributed by atoms with Crippen molar-refractivity contribution < 1.29 is 4.79 Å². The second-order valence-electron chi connectivity index (χ2n) is 8.98. The Balaban J connectivity index is 1.21. The predicted octanol–water partition coefficient (Wildman–Crippen LogP) is 3.67. The molecule has 7 heteroatoms. The van der Waals surface area contributed by atoms with Crippen LogP contribution in [0.5, 0.6) is 0 Å². The van der Waals surface area contributed by atoms with Gasteiger partial charge in [0.05, 0.1) is 11.3 Å². The SMILES string of the molecule is Cc1cc(C)n(-c2ccc(C(=O)Nc3cccc(N4CCN(CC5CC5)CC4)c3)cn2)n1. The molecule has 0 bridgehead atoms. The van der Waals surface area contributed by atoms with Crippen molar-refractivity contribution in [1.82, 2.24) is 19.7 Å². The van der Waals surface area contributed by atoms with Crippen molar-refractivity contribution >= 4 is 17.3 Å². The van der Waals surface area contributed by atoms with E-state index in [0.29, 0.717) is 11.4 Å². The zero-order chi connectivity index (χ0) is 22.1. The highest BCUT2D eigenvalue weighted by atomic mass is 16.1. The first-order valence-electron chi connectivity index (χ1n) is 11.4. The van der Waals surface area contributed by atoms with Crippen LogP contribution in [0.15, 0.2) is 48.7 Å². The molecule has 1 saturated heterocycles. The Morgan fingerprint density at radius 1 is 1.06 bits per heavy atom. The molecule has 5 rings (SSSR count). The van der Waals surface area contributed by atoms with Gasteiger partial charge in [0.25, 0.3) is 5.91 Å². The Kier molecular flexibility index (Phi) is 5.66. The second kappa shape index (κ2) is 8.74.